The molecule has 0 radical (unpaired) electrons. The van der Waals surface area contributed by atoms with E-state index < -0.39 is 0 Å². The highest BCUT2D eigenvalue weighted by Gasteiger charge is 2.41. The van der Waals surface area contributed by atoms with Gasteiger partial charge in [0.05, 0.1) is 34.0 Å². The number of hydrogen-bond acceptors (Lipinski definition) is 4. The molecule has 0 spiro atoms. The maximum atomic E-state index is 5.71. The SMILES string of the molecule is CCC1C[N+]2=C(c3cc(OC)c(OC)cc3CC2)c2c1cc1n2CCc2cc(OC)c(OC)cc2-1.[Cl-]. The monoisotopic (exact) mass is 508 g/mol. The molecular weight excluding hydrogens is 476 g/mol. The van der Waals surface area contributed by atoms with Crippen LogP contribution in [0.25, 0.3) is 11.3 Å². The summed E-state index contributed by atoms with van der Waals surface area (Å²) in [6, 6.07) is 11.1. The van der Waals surface area contributed by atoms with Crippen LogP contribution in [0.15, 0.2) is 30.3 Å². The summed E-state index contributed by atoms with van der Waals surface area (Å²) >= 11 is 0. The van der Waals surface area contributed by atoms with Crippen molar-refractivity contribution in [2.45, 2.75) is 38.6 Å². The molecule has 0 aliphatic carbocycles. The number of benzene rings is 2. The molecule has 0 saturated carbocycles. The van der Waals surface area contributed by atoms with Gasteiger partial charge in [-0.25, -0.2) is 4.58 Å². The van der Waals surface area contributed by atoms with E-state index in [0.717, 1.165) is 61.9 Å². The lowest BCUT2D eigenvalue weighted by Gasteiger charge is -2.29. The summed E-state index contributed by atoms with van der Waals surface area (Å²) in [7, 11) is 6.84. The van der Waals surface area contributed by atoms with E-state index in [1.54, 1.807) is 28.4 Å². The topological polar surface area (TPSA) is 44.9 Å². The molecule has 1 atom stereocenters. The lowest BCUT2D eigenvalue weighted by Crippen LogP contribution is -3.00. The second-order valence-electron chi connectivity index (χ2n) is 9.61. The molecule has 3 aromatic rings. The van der Waals surface area contributed by atoms with Crippen LogP contribution >= 0.6 is 0 Å². The fourth-order valence-electron chi connectivity index (χ4n) is 6.26. The Hall–Kier alpha value is -3.12. The molecule has 6 rings (SSSR count). The van der Waals surface area contributed by atoms with E-state index in [2.05, 4.69) is 46.4 Å². The molecule has 3 aliphatic rings. The summed E-state index contributed by atoms with van der Waals surface area (Å²) < 4.78 is 27.7. The third-order valence-corrected chi connectivity index (χ3v) is 8.05. The maximum Gasteiger partial charge on any atom is 0.231 e. The Morgan fingerprint density at radius 3 is 2.00 bits per heavy atom. The summed E-state index contributed by atoms with van der Waals surface area (Å²) in [5.74, 6) is 3.67. The Morgan fingerprint density at radius 1 is 0.806 bits per heavy atom. The Bertz CT molecular complexity index is 1370. The van der Waals surface area contributed by atoms with E-state index in [9.17, 15) is 0 Å². The van der Waals surface area contributed by atoms with Gasteiger partial charge in [-0.3, -0.25) is 0 Å². The van der Waals surface area contributed by atoms with E-state index in [-0.39, 0.29) is 12.4 Å². The molecule has 3 aliphatic heterocycles. The molecule has 0 saturated heterocycles. The number of hydrogen-bond donors (Lipinski definition) is 0. The largest absolute Gasteiger partial charge is 1.00 e. The van der Waals surface area contributed by atoms with Crippen molar-refractivity contribution in [2.75, 3.05) is 41.5 Å². The van der Waals surface area contributed by atoms with E-state index in [0.29, 0.717) is 5.92 Å². The van der Waals surface area contributed by atoms with Crippen molar-refractivity contribution in [3.05, 3.63) is 58.3 Å². The zero-order valence-corrected chi connectivity index (χ0v) is 22.4. The Kier molecular flexibility index (Phi) is 6.41. The van der Waals surface area contributed by atoms with Crippen molar-refractivity contribution in [3.63, 3.8) is 0 Å². The first-order chi connectivity index (χ1) is 17.1. The van der Waals surface area contributed by atoms with Crippen LogP contribution in [0.4, 0.5) is 0 Å². The van der Waals surface area contributed by atoms with Gasteiger partial charge in [0.25, 0.3) is 0 Å². The van der Waals surface area contributed by atoms with Crippen molar-refractivity contribution in [3.8, 4) is 34.3 Å². The Morgan fingerprint density at radius 2 is 1.39 bits per heavy atom. The summed E-state index contributed by atoms with van der Waals surface area (Å²) in [6.45, 7) is 5.33. The first-order valence-electron chi connectivity index (χ1n) is 12.5. The minimum absolute atomic E-state index is 0. The minimum atomic E-state index is 0. The molecule has 190 valence electrons. The third-order valence-electron chi connectivity index (χ3n) is 8.05. The molecular formula is C29H33ClN2O4. The van der Waals surface area contributed by atoms with Crippen molar-refractivity contribution in [1.82, 2.24) is 4.57 Å². The average Bonchev–Trinajstić information content (AvgIpc) is 3.30. The number of rotatable bonds is 5. The summed E-state index contributed by atoms with van der Waals surface area (Å²) in [4.78, 5) is 0. The van der Waals surface area contributed by atoms with Crippen LogP contribution in [-0.2, 0) is 19.4 Å². The van der Waals surface area contributed by atoms with Crippen molar-refractivity contribution in [1.29, 1.82) is 0 Å². The quantitative estimate of drug-likeness (QED) is 0.492. The molecule has 2 aromatic carbocycles. The molecule has 4 heterocycles. The van der Waals surface area contributed by atoms with Gasteiger partial charge >= 0.3 is 0 Å². The standard InChI is InChI=1S/C29H33N2O4.ClH/c1-6-17-16-30-9-7-19-12-25(33-3)27(35-5)15-22(19)28(30)29-21(17)13-23-20-14-26(34-4)24(32-2)11-18(20)8-10-31(23)29;/h11-15,17H,6-10,16H2,1-5H3;1H/q+1;/p-1. The average molecular weight is 509 g/mol. The molecule has 6 nitrogen and oxygen atoms in total. The smallest absolute Gasteiger partial charge is 0.231 e. The van der Waals surface area contributed by atoms with Gasteiger partial charge in [0.2, 0.25) is 5.71 Å². The second-order valence-corrected chi connectivity index (χ2v) is 9.61. The van der Waals surface area contributed by atoms with Gasteiger partial charge in [-0.15, -0.1) is 0 Å². The van der Waals surface area contributed by atoms with Crippen LogP contribution in [0.3, 0.4) is 0 Å². The van der Waals surface area contributed by atoms with Gasteiger partial charge in [0.15, 0.2) is 23.0 Å². The molecule has 1 aromatic heterocycles. The molecule has 0 fully saturated rings. The zero-order valence-electron chi connectivity index (χ0n) is 21.6. The number of aromatic nitrogens is 1. The Balaban J connectivity index is 0.00000267. The minimum Gasteiger partial charge on any atom is -1.00 e. The summed E-state index contributed by atoms with van der Waals surface area (Å²) in [6.07, 6.45) is 3.10. The first-order valence-corrected chi connectivity index (χ1v) is 12.5. The molecule has 1 unspecified atom stereocenters. The van der Waals surface area contributed by atoms with Gasteiger partial charge < -0.3 is 35.9 Å². The first kappa shape index (κ1) is 24.6. The van der Waals surface area contributed by atoms with Gasteiger partial charge in [0, 0.05) is 30.1 Å². The van der Waals surface area contributed by atoms with E-state index in [1.165, 1.54) is 44.9 Å². The lowest BCUT2D eigenvalue weighted by atomic mass is 9.85. The van der Waals surface area contributed by atoms with E-state index >= 15 is 0 Å². The van der Waals surface area contributed by atoms with Crippen molar-refractivity contribution >= 4 is 5.71 Å². The third kappa shape index (κ3) is 3.49. The van der Waals surface area contributed by atoms with Gasteiger partial charge in [0.1, 0.15) is 18.8 Å². The van der Waals surface area contributed by atoms with Gasteiger partial charge in [-0.05, 0) is 59.9 Å². The fourth-order valence-corrected chi connectivity index (χ4v) is 6.26. The summed E-state index contributed by atoms with van der Waals surface area (Å²) in [5.41, 5.74) is 10.6. The second kappa shape index (κ2) is 9.40. The van der Waals surface area contributed by atoms with Crippen LogP contribution in [0.5, 0.6) is 23.0 Å². The molecule has 0 bridgehead atoms. The highest BCUT2D eigenvalue weighted by molar-refractivity contribution is 6.12. The lowest BCUT2D eigenvalue weighted by molar-refractivity contribution is -0.533. The predicted molar refractivity (Wildman–Crippen MR) is 136 cm³/mol. The fraction of sp³-hybridized carbons (Fsp3) is 0.414. The Labute approximate surface area is 218 Å². The molecule has 0 N–H and O–H groups in total. The van der Waals surface area contributed by atoms with Crippen molar-refractivity contribution in [2.24, 2.45) is 0 Å². The van der Waals surface area contributed by atoms with E-state index in [4.69, 9.17) is 18.9 Å². The number of methoxy groups -OCH3 is 4. The van der Waals surface area contributed by atoms with Crippen LogP contribution in [0, 0.1) is 0 Å². The predicted octanol–water partition coefficient (Wildman–Crippen LogP) is 1.66. The highest BCUT2D eigenvalue weighted by Crippen LogP contribution is 2.44. The number of fused-ring (bicyclic) bond motifs is 8. The number of nitrogens with zero attached hydrogens (tertiary/aromatic N) is 2. The van der Waals surface area contributed by atoms with Gasteiger partial charge in [-0.1, -0.05) is 6.92 Å². The molecule has 7 heteroatoms. The number of halogens is 1. The molecule has 36 heavy (non-hydrogen) atoms. The molecule has 0 amide bonds. The van der Waals surface area contributed by atoms with Crippen LogP contribution < -0.4 is 31.4 Å². The number of aryl methyl sites for hydroxylation is 1. The number of ether oxygens (including phenoxy) is 4. The van der Waals surface area contributed by atoms with Crippen LogP contribution in [0.1, 0.15) is 47.2 Å². The van der Waals surface area contributed by atoms with Crippen molar-refractivity contribution < 1.29 is 35.9 Å². The highest BCUT2D eigenvalue weighted by atomic mass is 35.5. The van der Waals surface area contributed by atoms with Gasteiger partial charge in [-0.2, -0.15) is 0 Å². The maximum absolute atomic E-state index is 5.71. The summed E-state index contributed by atoms with van der Waals surface area (Å²) in [5, 5.41) is 0. The van der Waals surface area contributed by atoms with Crippen LogP contribution in [-0.4, -0.2) is 56.4 Å². The normalized spacial score (nSPS) is 17.1. The zero-order chi connectivity index (χ0) is 24.3. The van der Waals surface area contributed by atoms with E-state index in [1.807, 2.05) is 0 Å². The van der Waals surface area contributed by atoms with Crippen LogP contribution in [0.2, 0.25) is 0 Å².